The minimum atomic E-state index is -0.688. The van der Waals surface area contributed by atoms with Crippen molar-refractivity contribution in [1.82, 2.24) is 10.6 Å². The normalized spacial score (nSPS) is 32.6. The van der Waals surface area contributed by atoms with Crippen LogP contribution in [0.15, 0.2) is 0 Å². The standard InChI is InChI=1S/C17H32N2O2/c1-14-7-6-10-17(21,11-14)13-19-15(20)12-16(18-2)8-4-3-5-9-16/h14,18,21H,3-13H2,1-2H3,(H,19,20). The fraction of sp³-hybridized carbons (Fsp3) is 0.941. The molecule has 2 atom stereocenters. The van der Waals surface area contributed by atoms with Gasteiger partial charge in [-0.2, -0.15) is 0 Å². The van der Waals surface area contributed by atoms with Crippen LogP contribution in [0, 0.1) is 5.92 Å². The molecule has 0 spiro atoms. The topological polar surface area (TPSA) is 61.4 Å². The zero-order chi connectivity index (χ0) is 15.3. The molecule has 0 aromatic heterocycles. The molecule has 122 valence electrons. The molecule has 0 aromatic rings. The highest BCUT2D eigenvalue weighted by atomic mass is 16.3. The lowest BCUT2D eigenvalue weighted by atomic mass is 9.78. The summed E-state index contributed by atoms with van der Waals surface area (Å²) in [5.41, 5.74) is -0.711. The molecule has 2 rings (SSSR count). The molecule has 2 saturated carbocycles. The summed E-state index contributed by atoms with van der Waals surface area (Å²) in [4.78, 5) is 12.3. The number of rotatable bonds is 5. The Kier molecular flexibility index (Phi) is 5.67. The van der Waals surface area contributed by atoms with Crippen molar-refractivity contribution in [3.8, 4) is 0 Å². The first-order valence-electron chi connectivity index (χ1n) is 8.65. The van der Waals surface area contributed by atoms with Gasteiger partial charge in [-0.05, 0) is 38.6 Å². The largest absolute Gasteiger partial charge is 0.388 e. The molecule has 21 heavy (non-hydrogen) atoms. The van der Waals surface area contributed by atoms with Gasteiger partial charge in [0, 0.05) is 18.5 Å². The Hall–Kier alpha value is -0.610. The van der Waals surface area contributed by atoms with Crippen LogP contribution >= 0.6 is 0 Å². The Bertz CT molecular complexity index is 353. The molecule has 2 unspecified atom stereocenters. The lowest BCUT2D eigenvalue weighted by Crippen LogP contribution is -2.51. The van der Waals surface area contributed by atoms with E-state index >= 15 is 0 Å². The third-order valence-corrected chi connectivity index (χ3v) is 5.52. The number of nitrogens with one attached hydrogen (secondary N) is 2. The van der Waals surface area contributed by atoms with Gasteiger partial charge in [0.2, 0.25) is 5.91 Å². The highest BCUT2D eigenvalue weighted by Crippen LogP contribution is 2.32. The number of hydrogen-bond donors (Lipinski definition) is 3. The molecule has 3 N–H and O–H groups in total. The number of carbonyl (C=O) groups is 1. The fourth-order valence-corrected chi connectivity index (χ4v) is 4.17. The van der Waals surface area contributed by atoms with E-state index in [2.05, 4.69) is 17.6 Å². The predicted octanol–water partition coefficient (Wildman–Crippen LogP) is 2.36. The van der Waals surface area contributed by atoms with E-state index in [9.17, 15) is 9.90 Å². The van der Waals surface area contributed by atoms with Crippen molar-refractivity contribution in [3.63, 3.8) is 0 Å². The zero-order valence-electron chi connectivity index (χ0n) is 13.7. The van der Waals surface area contributed by atoms with Gasteiger partial charge in [0.1, 0.15) is 0 Å². The molecule has 2 aliphatic rings. The molecule has 0 radical (unpaired) electrons. The first kappa shape index (κ1) is 16.8. The molecule has 0 aliphatic heterocycles. The third-order valence-electron chi connectivity index (χ3n) is 5.52. The van der Waals surface area contributed by atoms with Crippen LogP contribution in [0.2, 0.25) is 0 Å². The SMILES string of the molecule is CNC1(CC(=O)NCC2(O)CCCC(C)C2)CCCCC1. The second kappa shape index (κ2) is 7.10. The average molecular weight is 296 g/mol. The minimum Gasteiger partial charge on any atom is -0.388 e. The molecule has 0 aromatic carbocycles. The number of hydrogen-bond acceptors (Lipinski definition) is 3. The highest BCUT2D eigenvalue weighted by molar-refractivity contribution is 5.77. The van der Waals surface area contributed by atoms with Crippen LogP contribution in [-0.4, -0.2) is 35.7 Å². The van der Waals surface area contributed by atoms with E-state index in [0.29, 0.717) is 18.9 Å². The van der Waals surface area contributed by atoms with Crippen molar-refractivity contribution in [3.05, 3.63) is 0 Å². The third kappa shape index (κ3) is 4.68. The van der Waals surface area contributed by atoms with Gasteiger partial charge in [0.15, 0.2) is 0 Å². The summed E-state index contributed by atoms with van der Waals surface area (Å²) in [7, 11) is 1.97. The quantitative estimate of drug-likeness (QED) is 0.730. The van der Waals surface area contributed by atoms with Crippen molar-refractivity contribution in [2.45, 2.75) is 82.3 Å². The Morgan fingerprint density at radius 2 is 1.90 bits per heavy atom. The summed E-state index contributed by atoms with van der Waals surface area (Å²) in [6.45, 7) is 2.60. The number of amides is 1. The van der Waals surface area contributed by atoms with E-state index in [1.165, 1.54) is 25.7 Å². The van der Waals surface area contributed by atoms with E-state index in [4.69, 9.17) is 0 Å². The Balaban J connectivity index is 1.81. The molecule has 1 amide bonds. The van der Waals surface area contributed by atoms with Gasteiger partial charge < -0.3 is 15.7 Å². The maximum atomic E-state index is 12.3. The lowest BCUT2D eigenvalue weighted by molar-refractivity contribution is -0.124. The number of aliphatic hydroxyl groups is 1. The second-order valence-corrected chi connectivity index (χ2v) is 7.47. The fourth-order valence-electron chi connectivity index (χ4n) is 4.17. The number of carbonyl (C=O) groups excluding carboxylic acids is 1. The maximum absolute atomic E-state index is 12.3. The van der Waals surface area contributed by atoms with Crippen LogP contribution in [0.4, 0.5) is 0 Å². The van der Waals surface area contributed by atoms with E-state index in [0.717, 1.165) is 32.1 Å². The van der Waals surface area contributed by atoms with Crippen molar-refractivity contribution < 1.29 is 9.90 Å². The van der Waals surface area contributed by atoms with Crippen molar-refractivity contribution in [1.29, 1.82) is 0 Å². The molecule has 0 bridgehead atoms. The molecule has 4 nitrogen and oxygen atoms in total. The zero-order valence-corrected chi connectivity index (χ0v) is 13.7. The molecular formula is C17H32N2O2. The van der Waals surface area contributed by atoms with Gasteiger partial charge in [-0.3, -0.25) is 4.79 Å². The van der Waals surface area contributed by atoms with Crippen molar-refractivity contribution in [2.75, 3.05) is 13.6 Å². The first-order chi connectivity index (χ1) is 9.97. The predicted molar refractivity (Wildman–Crippen MR) is 85.1 cm³/mol. The average Bonchev–Trinajstić information content (AvgIpc) is 2.46. The maximum Gasteiger partial charge on any atom is 0.221 e. The molecular weight excluding hydrogens is 264 g/mol. The Labute approximate surface area is 129 Å². The first-order valence-corrected chi connectivity index (χ1v) is 8.65. The molecule has 2 aliphatic carbocycles. The van der Waals surface area contributed by atoms with Gasteiger partial charge in [-0.25, -0.2) is 0 Å². The van der Waals surface area contributed by atoms with Crippen LogP contribution < -0.4 is 10.6 Å². The summed E-state index contributed by atoms with van der Waals surface area (Å²) < 4.78 is 0. The molecule has 2 fully saturated rings. The van der Waals surface area contributed by atoms with Crippen LogP contribution in [0.25, 0.3) is 0 Å². The molecule has 0 saturated heterocycles. The minimum absolute atomic E-state index is 0.0230. The smallest absolute Gasteiger partial charge is 0.221 e. The van der Waals surface area contributed by atoms with E-state index < -0.39 is 5.60 Å². The molecule has 4 heteroatoms. The van der Waals surface area contributed by atoms with Crippen LogP contribution in [-0.2, 0) is 4.79 Å². The van der Waals surface area contributed by atoms with E-state index in [1.54, 1.807) is 0 Å². The van der Waals surface area contributed by atoms with Crippen LogP contribution in [0.1, 0.15) is 71.1 Å². The Morgan fingerprint density at radius 3 is 2.52 bits per heavy atom. The van der Waals surface area contributed by atoms with Crippen LogP contribution in [0.3, 0.4) is 0 Å². The molecule has 0 heterocycles. The van der Waals surface area contributed by atoms with Crippen molar-refractivity contribution >= 4 is 5.91 Å². The van der Waals surface area contributed by atoms with E-state index in [1.807, 2.05) is 7.05 Å². The lowest BCUT2D eigenvalue weighted by Gasteiger charge is -2.38. The summed E-state index contributed by atoms with van der Waals surface area (Å²) in [6, 6.07) is 0. The summed E-state index contributed by atoms with van der Waals surface area (Å²) in [5, 5.41) is 17.0. The monoisotopic (exact) mass is 296 g/mol. The van der Waals surface area contributed by atoms with Gasteiger partial charge in [-0.1, -0.05) is 39.0 Å². The summed E-state index contributed by atoms with van der Waals surface area (Å²) in [5.74, 6) is 0.639. The van der Waals surface area contributed by atoms with Gasteiger partial charge in [0.25, 0.3) is 0 Å². The van der Waals surface area contributed by atoms with Gasteiger partial charge in [0.05, 0.1) is 5.60 Å². The summed E-state index contributed by atoms with van der Waals surface area (Å²) >= 11 is 0. The van der Waals surface area contributed by atoms with Gasteiger partial charge in [-0.15, -0.1) is 0 Å². The Morgan fingerprint density at radius 1 is 1.19 bits per heavy atom. The summed E-state index contributed by atoms with van der Waals surface area (Å²) in [6.07, 6.45) is 10.3. The highest BCUT2D eigenvalue weighted by Gasteiger charge is 2.35. The van der Waals surface area contributed by atoms with Crippen LogP contribution in [0.5, 0.6) is 0 Å². The van der Waals surface area contributed by atoms with Crippen molar-refractivity contribution in [2.24, 2.45) is 5.92 Å². The van der Waals surface area contributed by atoms with Gasteiger partial charge >= 0.3 is 0 Å². The van der Waals surface area contributed by atoms with E-state index in [-0.39, 0.29) is 11.4 Å². The second-order valence-electron chi connectivity index (χ2n) is 7.47.